The highest BCUT2D eigenvalue weighted by Crippen LogP contribution is 2.32. The monoisotopic (exact) mass is 462 g/mol. The normalized spacial score (nSPS) is 15.1. The number of sulfonamides is 1. The summed E-state index contributed by atoms with van der Waals surface area (Å²) in [4.78, 5) is 13.2. The van der Waals surface area contributed by atoms with E-state index in [1.165, 1.54) is 15.6 Å². The zero-order valence-electron chi connectivity index (χ0n) is 15.9. The summed E-state index contributed by atoms with van der Waals surface area (Å²) < 4.78 is 32.6. The van der Waals surface area contributed by atoms with E-state index in [0.29, 0.717) is 46.8 Å². The molecular weight excluding hydrogens is 444 g/mol. The minimum absolute atomic E-state index is 0.231. The Morgan fingerprint density at radius 3 is 2.30 bits per heavy atom. The number of amides is 1. The lowest BCUT2D eigenvalue weighted by Crippen LogP contribution is -2.40. The predicted molar refractivity (Wildman–Crippen MR) is 119 cm³/mol. The van der Waals surface area contributed by atoms with E-state index in [1.807, 2.05) is 12.1 Å². The first-order valence-corrected chi connectivity index (χ1v) is 11.9. The van der Waals surface area contributed by atoms with Crippen molar-refractivity contribution >= 4 is 44.6 Å². The van der Waals surface area contributed by atoms with Crippen LogP contribution in [0.5, 0.6) is 0 Å². The van der Waals surface area contributed by atoms with Gasteiger partial charge in [-0.25, -0.2) is 8.42 Å². The first-order valence-electron chi connectivity index (χ1n) is 9.28. The molecule has 9 heteroatoms. The van der Waals surface area contributed by atoms with Gasteiger partial charge in [-0.1, -0.05) is 23.7 Å². The van der Waals surface area contributed by atoms with Gasteiger partial charge < -0.3 is 10.1 Å². The summed E-state index contributed by atoms with van der Waals surface area (Å²) in [6.07, 6.45) is 0. The number of ether oxygens (including phenoxy) is 1. The molecule has 0 unspecified atom stereocenters. The second-order valence-electron chi connectivity index (χ2n) is 6.67. The van der Waals surface area contributed by atoms with E-state index in [0.717, 1.165) is 10.4 Å². The maximum atomic E-state index is 12.8. The van der Waals surface area contributed by atoms with Crippen LogP contribution in [0.1, 0.15) is 10.4 Å². The number of carbonyl (C=O) groups excluding carboxylic acids is 1. The smallest absolute Gasteiger partial charge is 0.255 e. The first kappa shape index (κ1) is 21.0. The number of anilines is 1. The molecule has 1 aliphatic rings. The number of nitrogens with zero attached hydrogens (tertiary/aromatic N) is 1. The van der Waals surface area contributed by atoms with Gasteiger partial charge in [0, 0.05) is 34.2 Å². The first-order chi connectivity index (χ1) is 14.4. The lowest BCUT2D eigenvalue weighted by atomic mass is 10.1. The summed E-state index contributed by atoms with van der Waals surface area (Å²) in [6.45, 7) is 1.56. The number of nitrogens with one attached hydrogen (secondary N) is 1. The fourth-order valence-corrected chi connectivity index (χ4v) is 6.05. The van der Waals surface area contributed by atoms with Gasteiger partial charge in [0.2, 0.25) is 0 Å². The third-order valence-electron chi connectivity index (χ3n) is 4.68. The average molecular weight is 463 g/mol. The van der Waals surface area contributed by atoms with Crippen molar-refractivity contribution in [2.24, 2.45) is 0 Å². The Bertz CT molecular complexity index is 1140. The number of hydrogen-bond acceptors (Lipinski definition) is 5. The fraction of sp³-hybridized carbons (Fsp3) is 0.190. The van der Waals surface area contributed by atoms with Gasteiger partial charge in [0.05, 0.1) is 13.2 Å². The van der Waals surface area contributed by atoms with Gasteiger partial charge in [0.25, 0.3) is 15.9 Å². The summed E-state index contributed by atoms with van der Waals surface area (Å²) in [6, 6.07) is 17.4. The molecule has 1 N–H and O–H groups in total. The zero-order valence-corrected chi connectivity index (χ0v) is 18.3. The van der Waals surface area contributed by atoms with Crippen molar-refractivity contribution in [2.45, 2.75) is 4.21 Å². The molecule has 1 aliphatic heterocycles. The number of benzene rings is 2. The van der Waals surface area contributed by atoms with Crippen molar-refractivity contribution in [3.63, 3.8) is 0 Å². The van der Waals surface area contributed by atoms with Crippen molar-refractivity contribution in [2.75, 3.05) is 31.6 Å². The van der Waals surface area contributed by atoms with Gasteiger partial charge in [0.15, 0.2) is 0 Å². The van der Waals surface area contributed by atoms with E-state index in [2.05, 4.69) is 5.32 Å². The van der Waals surface area contributed by atoms with E-state index in [1.54, 1.807) is 48.5 Å². The van der Waals surface area contributed by atoms with Gasteiger partial charge in [-0.15, -0.1) is 11.3 Å². The summed E-state index contributed by atoms with van der Waals surface area (Å²) in [5.41, 5.74) is 2.02. The van der Waals surface area contributed by atoms with Crippen molar-refractivity contribution < 1.29 is 17.9 Å². The summed E-state index contributed by atoms with van der Waals surface area (Å²) in [5, 5.41) is 3.42. The topological polar surface area (TPSA) is 75.7 Å². The Hall–Kier alpha value is -2.23. The Balaban J connectivity index is 1.48. The highest BCUT2D eigenvalue weighted by molar-refractivity contribution is 7.91. The van der Waals surface area contributed by atoms with Crippen LogP contribution in [0.2, 0.25) is 5.02 Å². The molecule has 0 aliphatic carbocycles. The van der Waals surface area contributed by atoms with Crippen LogP contribution in [-0.4, -0.2) is 44.9 Å². The summed E-state index contributed by atoms with van der Waals surface area (Å²) >= 11 is 7.08. The second kappa shape index (κ2) is 8.87. The maximum absolute atomic E-state index is 12.8. The molecule has 0 atom stereocenters. The van der Waals surface area contributed by atoms with E-state index < -0.39 is 10.0 Å². The van der Waals surface area contributed by atoms with Gasteiger partial charge in [0.1, 0.15) is 4.21 Å². The molecular formula is C21H19ClN2O4S2. The van der Waals surface area contributed by atoms with Crippen LogP contribution in [0.25, 0.3) is 10.4 Å². The molecule has 6 nitrogen and oxygen atoms in total. The molecule has 1 aromatic heterocycles. The van der Waals surface area contributed by atoms with Gasteiger partial charge in [-0.05, 0) is 54.1 Å². The van der Waals surface area contributed by atoms with Gasteiger partial charge in [-0.2, -0.15) is 4.31 Å². The SMILES string of the molecule is O=C(Nc1ccc(Cl)cc1)c1ccc(-c2ccc(S(=O)(=O)N3CCOCC3)s2)cc1. The number of halogens is 1. The standard InChI is InChI=1S/C21H19ClN2O4S2/c22-17-5-7-18(8-6-17)23-21(25)16-3-1-15(2-4-16)19-9-10-20(29-19)30(26,27)24-11-13-28-14-12-24/h1-10H,11-14H2,(H,23,25). The minimum atomic E-state index is -3.51. The summed E-state index contributed by atoms with van der Waals surface area (Å²) in [7, 11) is -3.51. The molecule has 3 aromatic rings. The highest BCUT2D eigenvalue weighted by atomic mass is 35.5. The van der Waals surface area contributed by atoms with Crippen LogP contribution >= 0.6 is 22.9 Å². The van der Waals surface area contributed by atoms with Crippen molar-refractivity contribution in [3.05, 3.63) is 71.2 Å². The molecule has 0 saturated carbocycles. The number of thiophene rings is 1. The highest BCUT2D eigenvalue weighted by Gasteiger charge is 2.27. The van der Waals surface area contributed by atoms with E-state index in [9.17, 15) is 13.2 Å². The number of carbonyl (C=O) groups is 1. The lowest BCUT2D eigenvalue weighted by molar-refractivity contribution is 0.0731. The van der Waals surface area contributed by atoms with E-state index in [4.69, 9.17) is 16.3 Å². The Morgan fingerprint density at radius 2 is 1.63 bits per heavy atom. The molecule has 30 heavy (non-hydrogen) atoms. The molecule has 0 radical (unpaired) electrons. The average Bonchev–Trinajstić information content (AvgIpc) is 3.27. The predicted octanol–water partition coefficient (Wildman–Crippen LogP) is 4.34. The van der Waals surface area contributed by atoms with E-state index in [-0.39, 0.29) is 5.91 Å². The lowest BCUT2D eigenvalue weighted by Gasteiger charge is -2.25. The third kappa shape index (κ3) is 4.58. The second-order valence-corrected chi connectivity index (χ2v) is 10.4. The molecule has 4 rings (SSSR count). The number of morpholine rings is 1. The molecule has 2 heterocycles. The molecule has 1 amide bonds. The molecule has 2 aromatic carbocycles. The minimum Gasteiger partial charge on any atom is -0.379 e. The zero-order chi connectivity index (χ0) is 21.1. The maximum Gasteiger partial charge on any atom is 0.255 e. The third-order valence-corrected chi connectivity index (χ3v) is 8.43. The van der Waals surface area contributed by atoms with Crippen molar-refractivity contribution in [1.82, 2.24) is 4.31 Å². The number of rotatable bonds is 5. The van der Waals surface area contributed by atoms with Crippen LogP contribution in [0.3, 0.4) is 0 Å². The van der Waals surface area contributed by atoms with Gasteiger partial charge >= 0.3 is 0 Å². The molecule has 0 bridgehead atoms. The Morgan fingerprint density at radius 1 is 0.967 bits per heavy atom. The van der Waals surface area contributed by atoms with E-state index >= 15 is 0 Å². The van der Waals surface area contributed by atoms with Crippen molar-refractivity contribution in [3.8, 4) is 10.4 Å². The van der Waals surface area contributed by atoms with Crippen LogP contribution in [-0.2, 0) is 14.8 Å². The van der Waals surface area contributed by atoms with Crippen molar-refractivity contribution in [1.29, 1.82) is 0 Å². The quantitative estimate of drug-likeness (QED) is 0.612. The van der Waals surface area contributed by atoms with Crippen LogP contribution in [0.15, 0.2) is 64.9 Å². The molecule has 1 fully saturated rings. The largest absolute Gasteiger partial charge is 0.379 e. The molecule has 156 valence electrons. The van der Waals surface area contributed by atoms with Crippen LogP contribution in [0, 0.1) is 0 Å². The Labute approximate surface area is 184 Å². The van der Waals surface area contributed by atoms with Gasteiger partial charge in [-0.3, -0.25) is 4.79 Å². The molecule has 1 saturated heterocycles. The Kier molecular flexibility index (Phi) is 6.21. The van der Waals surface area contributed by atoms with Crippen LogP contribution < -0.4 is 5.32 Å². The van der Waals surface area contributed by atoms with Crippen LogP contribution in [0.4, 0.5) is 5.69 Å². The summed E-state index contributed by atoms with van der Waals surface area (Å²) in [5.74, 6) is -0.231. The fourth-order valence-electron chi connectivity index (χ4n) is 3.05. The molecule has 0 spiro atoms. The number of hydrogen-bond donors (Lipinski definition) is 1.